The summed E-state index contributed by atoms with van der Waals surface area (Å²) >= 11 is 0. The molecule has 0 heterocycles. The summed E-state index contributed by atoms with van der Waals surface area (Å²) in [7, 11) is 0. The van der Waals surface area contributed by atoms with Crippen LogP contribution in [0.4, 0.5) is 0 Å². The third kappa shape index (κ3) is 27.5. The highest BCUT2D eigenvalue weighted by molar-refractivity contribution is 5.78. The van der Waals surface area contributed by atoms with Gasteiger partial charge in [0.1, 0.15) is 0 Å². The van der Waals surface area contributed by atoms with Crippen molar-refractivity contribution in [1.29, 1.82) is 0 Å². The van der Waals surface area contributed by atoms with Crippen LogP contribution in [0.5, 0.6) is 0 Å². The number of hydrogen-bond donors (Lipinski definition) is 1. The standard InChI is InChI=1S/C33H62O4/c1-3-5-6-7-8-9-10-11-12-13-14-15-16-17-18-19-20-21-22-23-24-25-26-27-28-31(33(35)36)30-32(34)37-29-4-2/h17-18,31H,3-16,19-30H2,1-2H3,(H,35,36)/b18-17+. The molecule has 0 aromatic heterocycles. The number of unbranched alkanes of at least 4 members (excludes halogenated alkanes) is 20. The minimum Gasteiger partial charge on any atom is -0.481 e. The second-order valence-corrected chi connectivity index (χ2v) is 11.0. The Bertz CT molecular complexity index is 528. The Labute approximate surface area is 230 Å². The molecule has 218 valence electrons. The zero-order chi connectivity index (χ0) is 27.2. The Morgan fingerprint density at radius 1 is 0.595 bits per heavy atom. The molecule has 0 bridgehead atoms. The van der Waals surface area contributed by atoms with Gasteiger partial charge >= 0.3 is 11.9 Å². The summed E-state index contributed by atoms with van der Waals surface area (Å²) in [6.45, 7) is 4.59. The quantitative estimate of drug-likeness (QED) is 0.0602. The van der Waals surface area contributed by atoms with Gasteiger partial charge < -0.3 is 9.84 Å². The first-order chi connectivity index (χ1) is 18.1. The third-order valence-electron chi connectivity index (χ3n) is 7.29. The van der Waals surface area contributed by atoms with Gasteiger partial charge in [0.2, 0.25) is 0 Å². The largest absolute Gasteiger partial charge is 0.481 e. The molecule has 0 spiro atoms. The molecule has 1 unspecified atom stereocenters. The van der Waals surface area contributed by atoms with Gasteiger partial charge in [0.15, 0.2) is 0 Å². The second-order valence-electron chi connectivity index (χ2n) is 11.0. The molecule has 0 aliphatic carbocycles. The van der Waals surface area contributed by atoms with Crippen molar-refractivity contribution in [3.8, 4) is 0 Å². The summed E-state index contributed by atoms with van der Waals surface area (Å²) in [5.74, 6) is -1.86. The van der Waals surface area contributed by atoms with E-state index in [1.54, 1.807) is 0 Å². The van der Waals surface area contributed by atoms with Crippen molar-refractivity contribution in [3.63, 3.8) is 0 Å². The molecule has 0 aliphatic heterocycles. The maximum absolute atomic E-state index is 11.7. The van der Waals surface area contributed by atoms with E-state index in [9.17, 15) is 14.7 Å². The average Bonchev–Trinajstić information content (AvgIpc) is 2.89. The maximum atomic E-state index is 11.7. The maximum Gasteiger partial charge on any atom is 0.307 e. The predicted octanol–water partition coefficient (Wildman–Crippen LogP) is 10.6. The number of ether oxygens (including phenoxy) is 1. The summed E-state index contributed by atoms with van der Waals surface area (Å²) < 4.78 is 5.02. The number of hydrogen-bond acceptors (Lipinski definition) is 3. The Morgan fingerprint density at radius 3 is 1.41 bits per heavy atom. The van der Waals surface area contributed by atoms with E-state index < -0.39 is 11.9 Å². The van der Waals surface area contributed by atoms with Crippen LogP contribution in [0.3, 0.4) is 0 Å². The van der Waals surface area contributed by atoms with Crippen molar-refractivity contribution in [1.82, 2.24) is 0 Å². The number of carbonyl (C=O) groups excluding carboxylic acids is 1. The average molecular weight is 523 g/mol. The summed E-state index contributed by atoms with van der Waals surface area (Å²) in [6, 6.07) is 0. The SMILES string of the molecule is CCCCCCCCCCCCCC/C=C/CCCCCCCCCCC(CC(=O)OCCC)C(=O)O. The zero-order valence-corrected chi connectivity index (χ0v) is 24.8. The fourth-order valence-electron chi connectivity index (χ4n) is 4.84. The highest BCUT2D eigenvalue weighted by Crippen LogP contribution is 2.17. The summed E-state index contributed by atoms with van der Waals surface area (Å²) in [6.07, 6.45) is 35.1. The lowest BCUT2D eigenvalue weighted by Crippen LogP contribution is -2.19. The smallest absolute Gasteiger partial charge is 0.307 e. The first kappa shape index (κ1) is 35.7. The summed E-state index contributed by atoms with van der Waals surface area (Å²) in [5.41, 5.74) is 0. The molecule has 0 aliphatic rings. The summed E-state index contributed by atoms with van der Waals surface area (Å²) in [4.78, 5) is 23.0. The van der Waals surface area contributed by atoms with Gasteiger partial charge in [-0.05, 0) is 38.5 Å². The highest BCUT2D eigenvalue weighted by atomic mass is 16.5. The minimum atomic E-state index is -0.878. The van der Waals surface area contributed by atoms with E-state index in [1.807, 2.05) is 6.92 Å². The molecule has 0 fully saturated rings. The number of carboxylic acid groups (broad SMARTS) is 1. The van der Waals surface area contributed by atoms with Crippen LogP contribution < -0.4 is 0 Å². The minimum absolute atomic E-state index is 0.00311. The molecule has 1 atom stereocenters. The molecule has 0 saturated heterocycles. The van der Waals surface area contributed by atoms with E-state index in [0.717, 1.165) is 25.7 Å². The van der Waals surface area contributed by atoms with E-state index in [1.165, 1.54) is 122 Å². The predicted molar refractivity (Wildman–Crippen MR) is 158 cm³/mol. The zero-order valence-electron chi connectivity index (χ0n) is 24.8. The lowest BCUT2D eigenvalue weighted by molar-refractivity contribution is -0.151. The lowest BCUT2D eigenvalue weighted by Gasteiger charge is -2.11. The van der Waals surface area contributed by atoms with Gasteiger partial charge in [-0.1, -0.05) is 142 Å². The van der Waals surface area contributed by atoms with Gasteiger partial charge in [0.05, 0.1) is 18.9 Å². The monoisotopic (exact) mass is 522 g/mol. The van der Waals surface area contributed by atoms with Crippen molar-refractivity contribution in [2.24, 2.45) is 5.92 Å². The van der Waals surface area contributed by atoms with Gasteiger partial charge in [-0.25, -0.2) is 0 Å². The van der Waals surface area contributed by atoms with E-state index in [4.69, 9.17) is 4.74 Å². The Morgan fingerprint density at radius 2 is 1.00 bits per heavy atom. The molecule has 0 saturated carbocycles. The lowest BCUT2D eigenvalue weighted by atomic mass is 9.97. The van der Waals surface area contributed by atoms with Crippen LogP contribution in [0.25, 0.3) is 0 Å². The van der Waals surface area contributed by atoms with Crippen molar-refractivity contribution >= 4 is 11.9 Å². The van der Waals surface area contributed by atoms with Gasteiger partial charge in [-0.15, -0.1) is 0 Å². The number of carbonyl (C=O) groups is 2. The number of rotatable bonds is 29. The Kier molecular flexibility index (Phi) is 28.2. The van der Waals surface area contributed by atoms with Crippen molar-refractivity contribution in [2.75, 3.05) is 6.61 Å². The van der Waals surface area contributed by atoms with Crippen LogP contribution in [0.2, 0.25) is 0 Å². The molecule has 4 nitrogen and oxygen atoms in total. The van der Waals surface area contributed by atoms with Crippen molar-refractivity contribution in [2.45, 2.75) is 174 Å². The van der Waals surface area contributed by atoms with Crippen molar-refractivity contribution < 1.29 is 19.4 Å². The Balaban J connectivity index is 3.36. The van der Waals surface area contributed by atoms with Gasteiger partial charge in [-0.3, -0.25) is 9.59 Å². The molecule has 0 aromatic carbocycles. The van der Waals surface area contributed by atoms with Crippen LogP contribution in [-0.2, 0) is 14.3 Å². The van der Waals surface area contributed by atoms with E-state index in [2.05, 4.69) is 19.1 Å². The number of carboxylic acids is 1. The van der Waals surface area contributed by atoms with Crippen LogP contribution >= 0.6 is 0 Å². The fourth-order valence-corrected chi connectivity index (χ4v) is 4.84. The number of aliphatic carboxylic acids is 1. The first-order valence-electron chi connectivity index (χ1n) is 16.1. The van der Waals surface area contributed by atoms with E-state index in [0.29, 0.717) is 13.0 Å². The van der Waals surface area contributed by atoms with Crippen LogP contribution in [0, 0.1) is 5.92 Å². The molecule has 0 aromatic rings. The van der Waals surface area contributed by atoms with E-state index >= 15 is 0 Å². The van der Waals surface area contributed by atoms with Gasteiger partial charge in [0, 0.05) is 0 Å². The molecular formula is C33H62O4. The topological polar surface area (TPSA) is 63.6 Å². The molecule has 4 heteroatoms. The number of allylic oxidation sites excluding steroid dienone is 2. The van der Waals surface area contributed by atoms with Crippen LogP contribution in [-0.4, -0.2) is 23.7 Å². The molecular weight excluding hydrogens is 460 g/mol. The third-order valence-corrected chi connectivity index (χ3v) is 7.29. The second kappa shape index (κ2) is 29.2. The van der Waals surface area contributed by atoms with Crippen LogP contribution in [0.15, 0.2) is 12.2 Å². The molecule has 37 heavy (non-hydrogen) atoms. The highest BCUT2D eigenvalue weighted by Gasteiger charge is 2.21. The molecule has 0 amide bonds. The van der Waals surface area contributed by atoms with Crippen molar-refractivity contribution in [3.05, 3.63) is 12.2 Å². The summed E-state index contributed by atoms with van der Waals surface area (Å²) in [5, 5.41) is 9.32. The molecule has 0 radical (unpaired) electrons. The van der Waals surface area contributed by atoms with Gasteiger partial charge in [0.25, 0.3) is 0 Å². The normalized spacial score (nSPS) is 12.3. The van der Waals surface area contributed by atoms with Gasteiger partial charge in [-0.2, -0.15) is 0 Å². The molecule has 1 N–H and O–H groups in total. The number of esters is 1. The fraction of sp³-hybridized carbons (Fsp3) is 0.879. The Hall–Kier alpha value is -1.32. The van der Waals surface area contributed by atoms with E-state index in [-0.39, 0.29) is 12.4 Å². The van der Waals surface area contributed by atoms with Crippen LogP contribution in [0.1, 0.15) is 174 Å². The molecule has 0 rings (SSSR count). The first-order valence-corrected chi connectivity index (χ1v) is 16.1.